The van der Waals surface area contributed by atoms with Gasteiger partial charge < -0.3 is 10.5 Å². The van der Waals surface area contributed by atoms with Gasteiger partial charge in [0.2, 0.25) is 0 Å². The van der Waals surface area contributed by atoms with E-state index in [-0.39, 0.29) is 6.04 Å². The minimum Gasteiger partial charge on any atom is -0.492 e. The molecule has 20 heavy (non-hydrogen) atoms. The average molecular weight is 273 g/mol. The highest BCUT2D eigenvalue weighted by atomic mass is 16.5. The summed E-state index contributed by atoms with van der Waals surface area (Å²) in [7, 11) is 0. The molecule has 3 rings (SSSR count). The second-order valence-corrected chi connectivity index (χ2v) is 6.51. The summed E-state index contributed by atoms with van der Waals surface area (Å²) in [5.74, 6) is 1.68. The molecule has 110 valence electrons. The topological polar surface area (TPSA) is 35.2 Å². The van der Waals surface area contributed by atoms with Crippen LogP contribution in [0.15, 0.2) is 18.2 Å². The summed E-state index contributed by atoms with van der Waals surface area (Å²) in [6.45, 7) is 0.670. The fraction of sp³-hybridized carbons (Fsp3) is 0.667. The Balaban J connectivity index is 1.55. The van der Waals surface area contributed by atoms with Crippen molar-refractivity contribution in [2.24, 2.45) is 11.7 Å². The van der Waals surface area contributed by atoms with Crippen LogP contribution in [0.5, 0.6) is 5.75 Å². The normalized spacial score (nSPS) is 21.2. The third kappa shape index (κ3) is 3.35. The summed E-state index contributed by atoms with van der Waals surface area (Å²) in [6.07, 6.45) is 11.7. The Morgan fingerprint density at radius 2 is 1.75 bits per heavy atom. The molecule has 1 aromatic rings. The average Bonchev–Trinajstić information content (AvgIpc) is 2.53. The molecular weight excluding hydrogens is 246 g/mol. The quantitative estimate of drug-likeness (QED) is 0.904. The predicted molar refractivity (Wildman–Crippen MR) is 83.1 cm³/mol. The first-order chi connectivity index (χ1) is 9.83. The Labute approximate surface area is 122 Å². The molecule has 0 saturated heterocycles. The van der Waals surface area contributed by atoms with Crippen molar-refractivity contribution in [1.82, 2.24) is 0 Å². The number of rotatable bonds is 4. The molecule has 2 nitrogen and oxygen atoms in total. The van der Waals surface area contributed by atoms with Gasteiger partial charge in [0.1, 0.15) is 12.4 Å². The van der Waals surface area contributed by atoms with E-state index in [4.69, 9.17) is 10.5 Å². The molecule has 2 aliphatic carbocycles. The van der Waals surface area contributed by atoms with E-state index in [0.29, 0.717) is 12.5 Å². The van der Waals surface area contributed by atoms with Gasteiger partial charge in [-0.25, -0.2) is 0 Å². The van der Waals surface area contributed by atoms with E-state index in [1.165, 1.54) is 68.9 Å². The van der Waals surface area contributed by atoms with Crippen LogP contribution in [0, 0.1) is 5.92 Å². The fourth-order valence-corrected chi connectivity index (χ4v) is 3.69. The Hall–Kier alpha value is -1.02. The van der Waals surface area contributed by atoms with Crippen LogP contribution in [-0.4, -0.2) is 12.6 Å². The van der Waals surface area contributed by atoms with Crippen molar-refractivity contribution in [3.8, 4) is 5.75 Å². The molecule has 0 heterocycles. The molecule has 0 bridgehead atoms. The Morgan fingerprint density at radius 3 is 2.55 bits per heavy atom. The lowest BCUT2D eigenvalue weighted by molar-refractivity contribution is 0.213. The van der Waals surface area contributed by atoms with Crippen LogP contribution in [0.4, 0.5) is 0 Å². The van der Waals surface area contributed by atoms with Gasteiger partial charge in [0.05, 0.1) is 0 Å². The van der Waals surface area contributed by atoms with Crippen LogP contribution < -0.4 is 10.5 Å². The SMILES string of the molecule is NC(COc1ccc2c(c1)CCCC2)C1CCCCC1. The van der Waals surface area contributed by atoms with Gasteiger partial charge in [0.15, 0.2) is 0 Å². The van der Waals surface area contributed by atoms with Crippen LogP contribution in [0.1, 0.15) is 56.1 Å². The summed E-state index contributed by atoms with van der Waals surface area (Å²) in [4.78, 5) is 0. The lowest BCUT2D eigenvalue weighted by atomic mass is 9.84. The third-order valence-corrected chi connectivity index (χ3v) is 5.02. The largest absolute Gasteiger partial charge is 0.492 e. The van der Waals surface area contributed by atoms with Gasteiger partial charge in [-0.2, -0.15) is 0 Å². The maximum absolute atomic E-state index is 6.31. The van der Waals surface area contributed by atoms with E-state index in [1.54, 1.807) is 0 Å². The van der Waals surface area contributed by atoms with Gasteiger partial charge in [-0.1, -0.05) is 25.3 Å². The summed E-state index contributed by atoms with van der Waals surface area (Å²) < 4.78 is 5.96. The second-order valence-electron chi connectivity index (χ2n) is 6.51. The first kappa shape index (κ1) is 13.9. The monoisotopic (exact) mass is 273 g/mol. The molecule has 0 aliphatic heterocycles. The van der Waals surface area contributed by atoms with Crippen molar-refractivity contribution >= 4 is 0 Å². The molecule has 1 fully saturated rings. The predicted octanol–water partition coefficient (Wildman–Crippen LogP) is 3.85. The van der Waals surface area contributed by atoms with Gasteiger partial charge in [-0.05, 0) is 67.7 Å². The van der Waals surface area contributed by atoms with Gasteiger partial charge in [0.25, 0.3) is 0 Å². The molecular formula is C18H27NO. The van der Waals surface area contributed by atoms with Crippen LogP contribution in [0.2, 0.25) is 0 Å². The Morgan fingerprint density at radius 1 is 1.00 bits per heavy atom. The maximum atomic E-state index is 6.31. The number of hydrogen-bond acceptors (Lipinski definition) is 2. The number of nitrogens with two attached hydrogens (primary N) is 1. The van der Waals surface area contributed by atoms with E-state index in [2.05, 4.69) is 18.2 Å². The molecule has 0 amide bonds. The lowest BCUT2D eigenvalue weighted by Gasteiger charge is -2.27. The van der Waals surface area contributed by atoms with Crippen molar-refractivity contribution in [1.29, 1.82) is 0 Å². The summed E-state index contributed by atoms with van der Waals surface area (Å²) >= 11 is 0. The Kier molecular flexibility index (Phi) is 4.62. The molecule has 1 unspecified atom stereocenters. The molecule has 1 atom stereocenters. The molecule has 0 radical (unpaired) electrons. The van der Waals surface area contributed by atoms with E-state index >= 15 is 0 Å². The fourth-order valence-electron chi connectivity index (χ4n) is 3.69. The van der Waals surface area contributed by atoms with Crippen molar-refractivity contribution in [2.75, 3.05) is 6.61 Å². The third-order valence-electron chi connectivity index (χ3n) is 5.02. The molecule has 2 N–H and O–H groups in total. The zero-order valence-electron chi connectivity index (χ0n) is 12.4. The second kappa shape index (κ2) is 6.62. The maximum Gasteiger partial charge on any atom is 0.119 e. The molecule has 0 spiro atoms. The zero-order valence-corrected chi connectivity index (χ0v) is 12.4. The van der Waals surface area contributed by atoms with Gasteiger partial charge in [0, 0.05) is 6.04 Å². The van der Waals surface area contributed by atoms with Crippen molar-refractivity contribution < 1.29 is 4.74 Å². The minimum absolute atomic E-state index is 0.200. The number of ether oxygens (including phenoxy) is 1. The van der Waals surface area contributed by atoms with E-state index < -0.39 is 0 Å². The van der Waals surface area contributed by atoms with Crippen LogP contribution >= 0.6 is 0 Å². The molecule has 2 aliphatic rings. The van der Waals surface area contributed by atoms with Crippen LogP contribution in [0.3, 0.4) is 0 Å². The minimum atomic E-state index is 0.200. The van der Waals surface area contributed by atoms with Gasteiger partial charge >= 0.3 is 0 Å². The van der Waals surface area contributed by atoms with Crippen molar-refractivity contribution in [2.45, 2.75) is 63.8 Å². The Bertz CT molecular complexity index is 437. The van der Waals surface area contributed by atoms with Crippen LogP contribution in [-0.2, 0) is 12.8 Å². The van der Waals surface area contributed by atoms with E-state index in [9.17, 15) is 0 Å². The highest BCUT2D eigenvalue weighted by molar-refractivity contribution is 5.37. The molecule has 1 aromatic carbocycles. The number of aryl methyl sites for hydroxylation is 2. The highest BCUT2D eigenvalue weighted by Crippen LogP contribution is 2.27. The first-order valence-corrected chi connectivity index (χ1v) is 8.33. The van der Waals surface area contributed by atoms with Crippen LogP contribution in [0.25, 0.3) is 0 Å². The molecule has 0 aromatic heterocycles. The molecule has 1 saturated carbocycles. The summed E-state index contributed by atoms with van der Waals surface area (Å²) in [6, 6.07) is 6.81. The standard InChI is InChI=1S/C18H27NO/c19-18(15-7-2-1-3-8-15)13-20-17-11-10-14-6-4-5-9-16(14)12-17/h10-12,15,18H,1-9,13,19H2. The van der Waals surface area contributed by atoms with E-state index in [0.717, 1.165) is 5.75 Å². The summed E-state index contributed by atoms with van der Waals surface area (Å²) in [5, 5.41) is 0. The smallest absolute Gasteiger partial charge is 0.119 e. The number of hydrogen-bond donors (Lipinski definition) is 1. The van der Waals surface area contributed by atoms with Gasteiger partial charge in [-0.15, -0.1) is 0 Å². The zero-order chi connectivity index (χ0) is 13.8. The highest BCUT2D eigenvalue weighted by Gasteiger charge is 2.21. The number of fused-ring (bicyclic) bond motifs is 1. The van der Waals surface area contributed by atoms with E-state index in [1.807, 2.05) is 0 Å². The van der Waals surface area contributed by atoms with Gasteiger partial charge in [-0.3, -0.25) is 0 Å². The van der Waals surface area contributed by atoms with Crippen molar-refractivity contribution in [3.63, 3.8) is 0 Å². The first-order valence-electron chi connectivity index (χ1n) is 8.33. The summed E-state index contributed by atoms with van der Waals surface area (Å²) in [5.41, 5.74) is 9.31. The lowest BCUT2D eigenvalue weighted by Crippen LogP contribution is -2.37. The molecule has 2 heteroatoms. The van der Waals surface area contributed by atoms with Crippen molar-refractivity contribution in [3.05, 3.63) is 29.3 Å². The number of benzene rings is 1.